The van der Waals surface area contributed by atoms with E-state index in [-0.39, 0.29) is 18.3 Å². The number of nitrogens with one attached hydrogen (secondary N) is 1. The number of aromatic nitrogens is 2. The van der Waals surface area contributed by atoms with E-state index in [0.29, 0.717) is 10.8 Å². The van der Waals surface area contributed by atoms with Crippen LogP contribution in [0.25, 0.3) is 11.4 Å². The van der Waals surface area contributed by atoms with Crippen LogP contribution >= 0.6 is 11.6 Å². The lowest BCUT2D eigenvalue weighted by molar-refractivity contribution is -0.140. The highest BCUT2D eigenvalue weighted by Crippen LogP contribution is 2.58. The summed E-state index contributed by atoms with van der Waals surface area (Å²) in [5.74, 6) is -1.84. The first kappa shape index (κ1) is 16.4. The number of hydrogen-bond acceptors (Lipinski definition) is 5. The Morgan fingerprint density at radius 1 is 1.29 bits per heavy atom. The molecule has 1 amide bonds. The van der Waals surface area contributed by atoms with Crippen LogP contribution in [0.5, 0.6) is 0 Å². The molecular weight excluding hydrogens is 334 g/mol. The number of hydrogen-bond donors (Lipinski definition) is 2. The number of aliphatic carboxylic acids is 1. The largest absolute Gasteiger partial charge is 0.481 e. The van der Waals surface area contributed by atoms with Gasteiger partial charge in [0.15, 0.2) is 0 Å². The van der Waals surface area contributed by atoms with E-state index in [4.69, 9.17) is 21.2 Å². The Kier molecular flexibility index (Phi) is 4.04. The molecule has 0 unspecified atom stereocenters. The molecule has 1 aliphatic carbocycles. The molecule has 1 aliphatic rings. The predicted octanol–water partition coefficient (Wildman–Crippen LogP) is 2.36. The summed E-state index contributed by atoms with van der Waals surface area (Å²) in [4.78, 5) is 27.5. The Balaban J connectivity index is 1.61. The average molecular weight is 350 g/mol. The van der Waals surface area contributed by atoms with Crippen LogP contribution in [0.3, 0.4) is 0 Å². The number of nitrogens with zero attached hydrogens (tertiary/aromatic N) is 2. The third kappa shape index (κ3) is 2.99. The van der Waals surface area contributed by atoms with Crippen LogP contribution in [0.1, 0.15) is 19.7 Å². The number of carbonyl (C=O) groups is 2. The average Bonchev–Trinajstić information content (AvgIpc) is 2.89. The van der Waals surface area contributed by atoms with E-state index in [1.807, 2.05) is 0 Å². The van der Waals surface area contributed by atoms with E-state index in [0.717, 1.165) is 5.56 Å². The molecule has 0 saturated heterocycles. The molecule has 1 aromatic heterocycles. The van der Waals surface area contributed by atoms with E-state index in [1.165, 1.54) is 0 Å². The molecule has 24 heavy (non-hydrogen) atoms. The van der Waals surface area contributed by atoms with Crippen molar-refractivity contribution < 1.29 is 19.2 Å². The number of rotatable bonds is 5. The van der Waals surface area contributed by atoms with Gasteiger partial charge in [-0.3, -0.25) is 9.59 Å². The fourth-order valence-electron chi connectivity index (χ4n) is 2.90. The molecule has 0 spiro atoms. The standard InChI is InChI=1S/C16H16ClN3O4/c1-16(2)11(12(16)15(22)23)14(21)18-7-10-19-13(20-24-10)8-3-5-9(17)6-4-8/h3-6,11-12H,7H2,1-2H3,(H,18,21)(H,22,23)/t11-,12+/m0/s1. The highest BCUT2D eigenvalue weighted by atomic mass is 35.5. The Morgan fingerprint density at radius 2 is 1.96 bits per heavy atom. The summed E-state index contributed by atoms with van der Waals surface area (Å²) in [5.41, 5.74) is 0.203. The van der Waals surface area contributed by atoms with Gasteiger partial charge < -0.3 is 14.9 Å². The van der Waals surface area contributed by atoms with E-state index in [2.05, 4.69) is 15.5 Å². The van der Waals surface area contributed by atoms with Crippen LogP contribution in [0.4, 0.5) is 0 Å². The predicted molar refractivity (Wildman–Crippen MR) is 85.0 cm³/mol. The van der Waals surface area contributed by atoms with Gasteiger partial charge in [0.1, 0.15) is 0 Å². The Bertz CT molecular complexity index is 785. The van der Waals surface area contributed by atoms with Gasteiger partial charge in [-0.2, -0.15) is 4.98 Å². The van der Waals surface area contributed by atoms with Crippen molar-refractivity contribution >= 4 is 23.5 Å². The smallest absolute Gasteiger partial charge is 0.307 e. The minimum absolute atomic E-state index is 0.0539. The van der Waals surface area contributed by atoms with Crippen LogP contribution in [-0.4, -0.2) is 27.1 Å². The van der Waals surface area contributed by atoms with Crippen LogP contribution in [0, 0.1) is 17.3 Å². The quantitative estimate of drug-likeness (QED) is 0.858. The molecule has 1 saturated carbocycles. The summed E-state index contributed by atoms with van der Waals surface area (Å²) in [6.45, 7) is 3.58. The van der Waals surface area contributed by atoms with Crippen molar-refractivity contribution in [2.75, 3.05) is 0 Å². The summed E-state index contributed by atoms with van der Waals surface area (Å²) in [6.07, 6.45) is 0. The highest BCUT2D eigenvalue weighted by Gasteiger charge is 2.65. The fraction of sp³-hybridized carbons (Fsp3) is 0.375. The minimum atomic E-state index is -0.956. The number of benzene rings is 1. The van der Waals surface area contributed by atoms with Crippen molar-refractivity contribution in [3.63, 3.8) is 0 Å². The third-order valence-electron chi connectivity index (χ3n) is 4.36. The number of carboxylic acid groups (broad SMARTS) is 1. The van der Waals surface area contributed by atoms with Crippen molar-refractivity contribution in [3.8, 4) is 11.4 Å². The molecule has 2 atom stereocenters. The van der Waals surface area contributed by atoms with Gasteiger partial charge in [0.05, 0.1) is 18.4 Å². The van der Waals surface area contributed by atoms with E-state index in [1.54, 1.807) is 38.1 Å². The number of carbonyl (C=O) groups excluding carboxylic acids is 1. The highest BCUT2D eigenvalue weighted by molar-refractivity contribution is 6.30. The SMILES string of the molecule is CC1(C)[C@H](C(=O)NCc2nc(-c3ccc(Cl)cc3)no2)[C@@H]1C(=O)O. The lowest BCUT2D eigenvalue weighted by Crippen LogP contribution is -2.27. The van der Waals surface area contributed by atoms with Crippen molar-refractivity contribution in [1.82, 2.24) is 15.5 Å². The molecule has 8 heteroatoms. The van der Waals surface area contributed by atoms with Gasteiger partial charge in [-0.25, -0.2) is 0 Å². The molecular formula is C16H16ClN3O4. The van der Waals surface area contributed by atoms with Crippen LogP contribution in [0.2, 0.25) is 5.02 Å². The zero-order chi connectivity index (χ0) is 17.5. The molecule has 126 valence electrons. The van der Waals surface area contributed by atoms with Gasteiger partial charge in [0, 0.05) is 10.6 Å². The van der Waals surface area contributed by atoms with Crippen molar-refractivity contribution in [2.45, 2.75) is 20.4 Å². The van der Waals surface area contributed by atoms with E-state index >= 15 is 0 Å². The Morgan fingerprint density at radius 3 is 2.54 bits per heavy atom. The monoisotopic (exact) mass is 349 g/mol. The van der Waals surface area contributed by atoms with Crippen molar-refractivity contribution in [1.29, 1.82) is 0 Å². The fourth-order valence-corrected chi connectivity index (χ4v) is 3.03. The maximum absolute atomic E-state index is 12.1. The number of carboxylic acids is 1. The first-order valence-corrected chi connectivity index (χ1v) is 7.77. The molecule has 1 aromatic carbocycles. The van der Waals surface area contributed by atoms with Gasteiger partial charge in [0.25, 0.3) is 0 Å². The molecule has 0 aliphatic heterocycles. The summed E-state index contributed by atoms with van der Waals surface area (Å²) in [7, 11) is 0. The molecule has 2 aromatic rings. The summed E-state index contributed by atoms with van der Waals surface area (Å²) in [6, 6.07) is 6.96. The zero-order valence-electron chi connectivity index (χ0n) is 13.1. The van der Waals surface area contributed by atoms with Crippen LogP contribution in [-0.2, 0) is 16.1 Å². The van der Waals surface area contributed by atoms with Crippen LogP contribution < -0.4 is 5.32 Å². The molecule has 0 radical (unpaired) electrons. The van der Waals surface area contributed by atoms with Gasteiger partial charge >= 0.3 is 5.97 Å². The van der Waals surface area contributed by atoms with Gasteiger partial charge in [-0.05, 0) is 29.7 Å². The topological polar surface area (TPSA) is 105 Å². The molecule has 1 heterocycles. The van der Waals surface area contributed by atoms with Gasteiger partial charge in [0.2, 0.25) is 17.6 Å². The minimum Gasteiger partial charge on any atom is -0.481 e. The third-order valence-corrected chi connectivity index (χ3v) is 4.61. The van der Waals surface area contributed by atoms with Gasteiger partial charge in [-0.15, -0.1) is 0 Å². The second-order valence-corrected chi connectivity index (χ2v) is 6.79. The molecule has 2 N–H and O–H groups in total. The second-order valence-electron chi connectivity index (χ2n) is 6.35. The molecule has 7 nitrogen and oxygen atoms in total. The number of halogens is 1. The molecule has 3 rings (SSSR count). The van der Waals surface area contributed by atoms with Crippen LogP contribution in [0.15, 0.2) is 28.8 Å². The lowest BCUT2D eigenvalue weighted by atomic mass is 10.1. The summed E-state index contributed by atoms with van der Waals surface area (Å²) >= 11 is 5.83. The van der Waals surface area contributed by atoms with E-state index < -0.39 is 23.2 Å². The summed E-state index contributed by atoms with van der Waals surface area (Å²) < 4.78 is 5.10. The Hall–Kier alpha value is -2.41. The first-order valence-electron chi connectivity index (χ1n) is 7.39. The second kappa shape index (κ2) is 5.90. The normalized spacial score (nSPS) is 21.3. The zero-order valence-corrected chi connectivity index (χ0v) is 13.9. The summed E-state index contributed by atoms with van der Waals surface area (Å²) in [5, 5.41) is 16.2. The van der Waals surface area contributed by atoms with Crippen molar-refractivity contribution in [2.24, 2.45) is 17.3 Å². The molecule has 0 bridgehead atoms. The van der Waals surface area contributed by atoms with Gasteiger partial charge in [-0.1, -0.05) is 30.6 Å². The maximum atomic E-state index is 12.1. The first-order chi connectivity index (χ1) is 11.3. The van der Waals surface area contributed by atoms with Crippen molar-refractivity contribution in [3.05, 3.63) is 35.2 Å². The van der Waals surface area contributed by atoms with E-state index in [9.17, 15) is 9.59 Å². The maximum Gasteiger partial charge on any atom is 0.307 e. The Labute approximate surface area is 143 Å². The molecule has 1 fully saturated rings. The number of amides is 1. The lowest BCUT2D eigenvalue weighted by Gasteiger charge is -2.02.